The van der Waals surface area contributed by atoms with Gasteiger partial charge in [0.1, 0.15) is 0 Å². The number of hydrogen-bond donors (Lipinski definition) is 1. The molecule has 0 saturated heterocycles. The lowest BCUT2D eigenvalue weighted by Crippen LogP contribution is -2.38. The van der Waals surface area contributed by atoms with Crippen LogP contribution >= 0.6 is 0 Å². The van der Waals surface area contributed by atoms with Crippen LogP contribution < -0.4 is 5.32 Å². The van der Waals surface area contributed by atoms with E-state index < -0.39 is 0 Å². The summed E-state index contributed by atoms with van der Waals surface area (Å²) in [7, 11) is 0. The monoisotopic (exact) mass is 271 g/mol. The maximum Gasteiger partial charge on any atom is 0.247 e. The number of aromatic nitrogens is 2. The van der Waals surface area contributed by atoms with Crippen molar-refractivity contribution in [2.45, 2.75) is 45.6 Å². The quantitative estimate of drug-likeness (QED) is 0.912. The third-order valence-electron chi connectivity index (χ3n) is 4.32. The molecule has 1 N–H and O–H groups in total. The third kappa shape index (κ3) is 2.69. The molecule has 4 heteroatoms. The molecule has 3 rings (SSSR count). The summed E-state index contributed by atoms with van der Waals surface area (Å²) in [5, 5.41) is 11.4. The fourth-order valence-electron chi connectivity index (χ4n) is 3.00. The molecular formula is C16H21N3O. The van der Waals surface area contributed by atoms with Crippen molar-refractivity contribution in [1.29, 1.82) is 0 Å². The second-order valence-electron chi connectivity index (χ2n) is 6.26. The van der Waals surface area contributed by atoms with Crippen molar-refractivity contribution in [3.05, 3.63) is 30.7 Å². The summed E-state index contributed by atoms with van der Waals surface area (Å²) in [4.78, 5) is 0. The molecule has 106 valence electrons. The summed E-state index contributed by atoms with van der Waals surface area (Å²) in [6.07, 6.45) is 6.53. The molecule has 4 nitrogen and oxygen atoms in total. The van der Waals surface area contributed by atoms with Crippen molar-refractivity contribution in [1.82, 2.24) is 10.2 Å². The zero-order valence-electron chi connectivity index (χ0n) is 12.1. The topological polar surface area (TPSA) is 51.0 Å². The largest absolute Gasteiger partial charge is 0.423 e. The van der Waals surface area contributed by atoms with Crippen molar-refractivity contribution in [3.63, 3.8) is 0 Å². The first-order chi connectivity index (χ1) is 9.65. The fraction of sp³-hybridized carbons (Fsp3) is 0.500. The standard InChI is InChI=1S/C16H21N3O/c1-16(2)9-4-3-8-14(16)18-13-7-5-6-12(10-13)15-19-17-11-20-15/h5-7,10-11,14,18H,3-4,8-9H2,1-2H3. The average molecular weight is 271 g/mol. The molecule has 1 fully saturated rings. The molecule has 1 aromatic carbocycles. The summed E-state index contributed by atoms with van der Waals surface area (Å²) in [5.41, 5.74) is 2.43. The molecule has 1 heterocycles. The van der Waals surface area contributed by atoms with Gasteiger partial charge in [0.25, 0.3) is 0 Å². The van der Waals surface area contributed by atoms with Gasteiger partial charge >= 0.3 is 0 Å². The zero-order valence-corrected chi connectivity index (χ0v) is 12.1. The van der Waals surface area contributed by atoms with Crippen LogP contribution in [0, 0.1) is 5.41 Å². The fourth-order valence-corrected chi connectivity index (χ4v) is 3.00. The maximum absolute atomic E-state index is 5.26. The van der Waals surface area contributed by atoms with Crippen molar-refractivity contribution >= 4 is 5.69 Å². The van der Waals surface area contributed by atoms with Gasteiger partial charge in [0, 0.05) is 17.3 Å². The molecule has 1 aromatic heterocycles. The van der Waals surface area contributed by atoms with E-state index >= 15 is 0 Å². The van der Waals surface area contributed by atoms with Crippen molar-refractivity contribution in [2.75, 3.05) is 5.32 Å². The molecule has 0 spiro atoms. The molecule has 0 amide bonds. The lowest BCUT2D eigenvalue weighted by atomic mass is 9.73. The van der Waals surface area contributed by atoms with E-state index in [1.165, 1.54) is 32.1 Å². The Morgan fingerprint density at radius 1 is 1.30 bits per heavy atom. The first-order valence-electron chi connectivity index (χ1n) is 7.28. The van der Waals surface area contributed by atoms with Crippen LogP contribution in [0.4, 0.5) is 5.69 Å². The van der Waals surface area contributed by atoms with Crippen LogP contribution in [0.1, 0.15) is 39.5 Å². The van der Waals surface area contributed by atoms with Crippen LogP contribution in [0.3, 0.4) is 0 Å². The minimum atomic E-state index is 0.346. The molecular weight excluding hydrogens is 250 g/mol. The van der Waals surface area contributed by atoms with E-state index in [0.29, 0.717) is 17.3 Å². The van der Waals surface area contributed by atoms with Crippen molar-refractivity contribution in [3.8, 4) is 11.5 Å². The van der Waals surface area contributed by atoms with Gasteiger partial charge < -0.3 is 9.73 Å². The number of nitrogens with zero attached hydrogens (tertiary/aromatic N) is 2. The minimum Gasteiger partial charge on any atom is -0.423 e. The Morgan fingerprint density at radius 3 is 2.95 bits per heavy atom. The smallest absolute Gasteiger partial charge is 0.247 e. The van der Waals surface area contributed by atoms with Crippen LogP contribution in [0.2, 0.25) is 0 Å². The van der Waals surface area contributed by atoms with Gasteiger partial charge in [-0.3, -0.25) is 0 Å². The van der Waals surface area contributed by atoms with Gasteiger partial charge in [0.2, 0.25) is 12.3 Å². The van der Waals surface area contributed by atoms with Gasteiger partial charge in [0.05, 0.1) is 0 Å². The van der Waals surface area contributed by atoms with Crippen LogP contribution in [-0.4, -0.2) is 16.2 Å². The Hall–Kier alpha value is -1.84. The van der Waals surface area contributed by atoms with Gasteiger partial charge in [-0.15, -0.1) is 10.2 Å². The molecule has 1 aliphatic carbocycles. The number of benzene rings is 1. The highest BCUT2D eigenvalue weighted by atomic mass is 16.4. The maximum atomic E-state index is 5.26. The molecule has 20 heavy (non-hydrogen) atoms. The molecule has 1 atom stereocenters. The summed E-state index contributed by atoms with van der Waals surface area (Å²) >= 11 is 0. The predicted molar refractivity (Wildman–Crippen MR) is 79.4 cm³/mol. The molecule has 1 saturated carbocycles. The van der Waals surface area contributed by atoms with Crippen LogP contribution in [-0.2, 0) is 0 Å². The highest BCUT2D eigenvalue weighted by molar-refractivity contribution is 5.61. The first kappa shape index (κ1) is 13.2. The summed E-state index contributed by atoms with van der Waals surface area (Å²) in [5.74, 6) is 0.566. The Labute approximate surface area is 119 Å². The van der Waals surface area contributed by atoms with Crippen LogP contribution in [0.15, 0.2) is 35.1 Å². The van der Waals surface area contributed by atoms with Crippen molar-refractivity contribution in [2.24, 2.45) is 5.41 Å². The number of anilines is 1. The Balaban J connectivity index is 1.79. The second-order valence-corrected chi connectivity index (χ2v) is 6.26. The van der Waals surface area contributed by atoms with E-state index in [0.717, 1.165) is 11.3 Å². The van der Waals surface area contributed by atoms with Crippen LogP contribution in [0.25, 0.3) is 11.5 Å². The molecule has 2 aromatic rings. The van der Waals surface area contributed by atoms with E-state index in [1.54, 1.807) is 0 Å². The van der Waals surface area contributed by atoms with Crippen molar-refractivity contribution < 1.29 is 4.42 Å². The Kier molecular flexibility index (Phi) is 3.47. The second kappa shape index (κ2) is 5.27. The molecule has 0 bridgehead atoms. The molecule has 1 aliphatic rings. The van der Waals surface area contributed by atoms with Gasteiger partial charge in [0.15, 0.2) is 0 Å². The summed E-state index contributed by atoms with van der Waals surface area (Å²) in [6, 6.07) is 8.72. The molecule has 0 radical (unpaired) electrons. The zero-order chi connectivity index (χ0) is 14.0. The molecule has 1 unspecified atom stereocenters. The SMILES string of the molecule is CC1(C)CCCCC1Nc1cccc(-c2nnco2)c1. The van der Waals surface area contributed by atoms with E-state index in [9.17, 15) is 0 Å². The number of nitrogens with one attached hydrogen (secondary N) is 1. The highest BCUT2D eigenvalue weighted by Gasteiger charge is 2.31. The minimum absolute atomic E-state index is 0.346. The highest BCUT2D eigenvalue weighted by Crippen LogP contribution is 2.37. The van der Waals surface area contributed by atoms with Gasteiger partial charge in [-0.1, -0.05) is 32.8 Å². The van der Waals surface area contributed by atoms with Gasteiger partial charge in [-0.05, 0) is 36.5 Å². The molecule has 0 aliphatic heterocycles. The summed E-state index contributed by atoms with van der Waals surface area (Å²) < 4.78 is 5.26. The Morgan fingerprint density at radius 2 is 2.20 bits per heavy atom. The van der Waals surface area contributed by atoms with E-state index in [-0.39, 0.29) is 0 Å². The number of rotatable bonds is 3. The number of hydrogen-bond acceptors (Lipinski definition) is 4. The normalized spacial score (nSPS) is 21.6. The summed E-state index contributed by atoms with van der Waals surface area (Å²) in [6.45, 7) is 4.71. The Bertz CT molecular complexity index is 563. The van der Waals surface area contributed by atoms with E-state index in [1.807, 2.05) is 12.1 Å². The van der Waals surface area contributed by atoms with E-state index in [4.69, 9.17) is 4.42 Å². The average Bonchev–Trinajstić information content (AvgIpc) is 2.96. The van der Waals surface area contributed by atoms with Gasteiger partial charge in [-0.25, -0.2) is 0 Å². The van der Waals surface area contributed by atoms with E-state index in [2.05, 4.69) is 41.5 Å². The van der Waals surface area contributed by atoms with Crippen LogP contribution in [0.5, 0.6) is 0 Å². The van der Waals surface area contributed by atoms with Gasteiger partial charge in [-0.2, -0.15) is 0 Å². The predicted octanol–water partition coefficient (Wildman–Crippen LogP) is 4.12. The third-order valence-corrected chi connectivity index (χ3v) is 4.32. The first-order valence-corrected chi connectivity index (χ1v) is 7.28. The lowest BCUT2D eigenvalue weighted by Gasteiger charge is -2.39. The lowest BCUT2D eigenvalue weighted by molar-refractivity contribution is 0.217.